The van der Waals surface area contributed by atoms with Crippen LogP contribution < -0.4 is 0 Å². The summed E-state index contributed by atoms with van der Waals surface area (Å²) in [6.07, 6.45) is 2.75. The number of hydrogen-bond acceptors (Lipinski definition) is 3. The number of hydrogen-bond donors (Lipinski definition) is 1. The minimum absolute atomic E-state index is 0.0790. The number of allylic oxidation sites excluding steroid dienone is 1. The molecule has 88 valence electrons. The van der Waals surface area contributed by atoms with Crippen molar-refractivity contribution in [2.24, 2.45) is 0 Å². The van der Waals surface area contributed by atoms with Gasteiger partial charge in [0, 0.05) is 12.0 Å². The van der Waals surface area contributed by atoms with Gasteiger partial charge in [-0.1, -0.05) is 30.3 Å². The Morgan fingerprint density at radius 1 is 1.35 bits per heavy atom. The van der Waals surface area contributed by atoms with Crippen LogP contribution in [-0.4, -0.2) is 16.5 Å². The van der Waals surface area contributed by atoms with Crippen LogP contribution in [0.4, 0.5) is 0 Å². The molecule has 0 amide bonds. The number of ketones is 1. The summed E-state index contributed by atoms with van der Waals surface area (Å²) in [7, 11) is 0. The Labute approximate surface area is 99.7 Å². The number of aliphatic hydroxyl groups excluding tert-OH is 1. The fourth-order valence-electron chi connectivity index (χ4n) is 2.50. The fourth-order valence-corrected chi connectivity index (χ4v) is 2.50. The van der Waals surface area contributed by atoms with E-state index in [-0.39, 0.29) is 5.78 Å². The molecule has 1 saturated heterocycles. The van der Waals surface area contributed by atoms with Gasteiger partial charge >= 0.3 is 0 Å². The quantitative estimate of drug-likeness (QED) is 0.641. The lowest BCUT2D eigenvalue weighted by atomic mass is 9.88. The van der Waals surface area contributed by atoms with Gasteiger partial charge in [0.25, 0.3) is 0 Å². The maximum atomic E-state index is 12.1. The van der Waals surface area contributed by atoms with Crippen LogP contribution in [-0.2, 0) is 4.74 Å². The highest BCUT2D eigenvalue weighted by molar-refractivity contribution is 5.97. The van der Waals surface area contributed by atoms with Gasteiger partial charge in [-0.15, -0.1) is 0 Å². The van der Waals surface area contributed by atoms with Gasteiger partial charge in [0.15, 0.2) is 17.1 Å². The highest BCUT2D eigenvalue weighted by Gasteiger charge is 2.57. The van der Waals surface area contributed by atoms with Crippen LogP contribution in [0.5, 0.6) is 0 Å². The van der Waals surface area contributed by atoms with Gasteiger partial charge in [-0.2, -0.15) is 0 Å². The highest BCUT2D eigenvalue weighted by Crippen LogP contribution is 2.53. The number of ether oxygens (including phenoxy) is 1. The van der Waals surface area contributed by atoms with E-state index in [9.17, 15) is 9.90 Å². The first-order valence-electron chi connectivity index (χ1n) is 5.91. The van der Waals surface area contributed by atoms with Gasteiger partial charge in [-0.3, -0.25) is 4.79 Å². The maximum Gasteiger partial charge on any atom is 0.179 e. The van der Waals surface area contributed by atoms with Gasteiger partial charge < -0.3 is 9.84 Å². The summed E-state index contributed by atoms with van der Waals surface area (Å²) in [6.45, 7) is 0. The third-order valence-electron chi connectivity index (χ3n) is 3.47. The van der Waals surface area contributed by atoms with Crippen LogP contribution >= 0.6 is 0 Å². The number of aliphatic hydroxyl groups is 1. The molecule has 0 spiro atoms. The zero-order valence-electron chi connectivity index (χ0n) is 9.48. The number of carbonyl (C=O) groups excluding carboxylic acids is 1. The molecule has 3 rings (SSSR count). The Hall–Kier alpha value is -1.77. The van der Waals surface area contributed by atoms with E-state index in [1.807, 2.05) is 30.3 Å². The molecule has 1 atom stereocenters. The van der Waals surface area contributed by atoms with Crippen molar-refractivity contribution in [1.82, 2.24) is 0 Å². The van der Waals surface area contributed by atoms with Crippen molar-refractivity contribution in [2.45, 2.75) is 31.3 Å². The van der Waals surface area contributed by atoms with E-state index >= 15 is 0 Å². The van der Waals surface area contributed by atoms with Crippen LogP contribution in [0.3, 0.4) is 0 Å². The molecule has 2 aliphatic rings. The summed E-state index contributed by atoms with van der Waals surface area (Å²) in [5.74, 6) is 1.06. The standard InChI is InChI=1S/C14H14O3/c15-11-7-4-8-14(13(11)17-14)9-12(16)10-5-2-1-3-6-10/h1-3,5-6,15H,4,7-9H2. The molecule has 1 fully saturated rings. The molecule has 1 aliphatic carbocycles. The van der Waals surface area contributed by atoms with Crippen LogP contribution in [0.2, 0.25) is 0 Å². The van der Waals surface area contributed by atoms with Gasteiger partial charge in [0.1, 0.15) is 5.76 Å². The Bertz CT molecular complexity index is 489. The Kier molecular flexibility index (Phi) is 2.21. The zero-order chi connectivity index (χ0) is 11.9. The molecule has 1 unspecified atom stereocenters. The number of carbonyl (C=O) groups is 1. The molecule has 1 aliphatic heterocycles. The van der Waals surface area contributed by atoms with E-state index in [0.29, 0.717) is 29.9 Å². The van der Waals surface area contributed by atoms with E-state index in [4.69, 9.17) is 4.74 Å². The second kappa shape index (κ2) is 3.62. The summed E-state index contributed by atoms with van der Waals surface area (Å²) >= 11 is 0. The van der Waals surface area contributed by atoms with E-state index in [1.165, 1.54) is 0 Å². The molecule has 0 bridgehead atoms. The Morgan fingerprint density at radius 3 is 2.88 bits per heavy atom. The molecule has 17 heavy (non-hydrogen) atoms. The zero-order valence-corrected chi connectivity index (χ0v) is 9.48. The summed E-state index contributed by atoms with van der Waals surface area (Å²) in [4.78, 5) is 12.1. The summed E-state index contributed by atoms with van der Waals surface area (Å²) in [6, 6.07) is 9.23. The maximum absolute atomic E-state index is 12.1. The average molecular weight is 230 g/mol. The summed E-state index contributed by atoms with van der Waals surface area (Å²) in [5.41, 5.74) is 0.233. The van der Waals surface area contributed by atoms with Crippen molar-refractivity contribution in [3.8, 4) is 0 Å². The Morgan fingerprint density at radius 2 is 2.12 bits per heavy atom. The molecule has 1 N–H and O–H groups in total. The van der Waals surface area contributed by atoms with E-state index in [2.05, 4.69) is 0 Å². The first-order chi connectivity index (χ1) is 8.21. The van der Waals surface area contributed by atoms with Crippen molar-refractivity contribution >= 4 is 5.78 Å². The molecular weight excluding hydrogens is 216 g/mol. The summed E-state index contributed by atoms with van der Waals surface area (Å²) in [5, 5.41) is 9.61. The average Bonchev–Trinajstić information content (AvgIpc) is 3.06. The third-order valence-corrected chi connectivity index (χ3v) is 3.47. The number of epoxide rings is 1. The topological polar surface area (TPSA) is 49.8 Å². The molecule has 1 heterocycles. The van der Waals surface area contributed by atoms with Crippen molar-refractivity contribution in [1.29, 1.82) is 0 Å². The normalized spacial score (nSPS) is 26.1. The first kappa shape index (κ1) is 10.4. The molecule has 1 aromatic rings. The minimum atomic E-state index is -0.477. The first-order valence-corrected chi connectivity index (χ1v) is 5.91. The van der Waals surface area contributed by atoms with Crippen LogP contribution in [0.15, 0.2) is 41.9 Å². The molecule has 0 radical (unpaired) electrons. The summed E-state index contributed by atoms with van der Waals surface area (Å²) < 4.78 is 5.48. The lowest BCUT2D eigenvalue weighted by Crippen LogP contribution is -2.19. The number of benzene rings is 1. The van der Waals surface area contributed by atoms with E-state index < -0.39 is 5.60 Å². The Balaban J connectivity index is 1.78. The van der Waals surface area contributed by atoms with Crippen LogP contribution in [0, 0.1) is 0 Å². The number of Topliss-reactive ketones (excluding diaryl/α,β-unsaturated/α-hetero) is 1. The molecular formula is C14H14O3. The predicted molar refractivity (Wildman–Crippen MR) is 62.7 cm³/mol. The lowest BCUT2D eigenvalue weighted by Gasteiger charge is -2.12. The lowest BCUT2D eigenvalue weighted by molar-refractivity contribution is 0.0940. The minimum Gasteiger partial charge on any atom is -0.509 e. The number of fused-ring (bicyclic) bond motifs is 1. The van der Waals surface area contributed by atoms with Crippen molar-refractivity contribution in [3.05, 3.63) is 47.4 Å². The van der Waals surface area contributed by atoms with Gasteiger partial charge in [0.2, 0.25) is 0 Å². The SMILES string of the molecule is O=C(CC12CCCC(O)=C1O2)c1ccccc1. The molecule has 3 heteroatoms. The largest absolute Gasteiger partial charge is 0.509 e. The smallest absolute Gasteiger partial charge is 0.179 e. The van der Waals surface area contributed by atoms with Gasteiger partial charge in [-0.05, 0) is 12.8 Å². The predicted octanol–water partition coefficient (Wildman–Crippen LogP) is 2.98. The second-order valence-corrected chi connectivity index (χ2v) is 4.69. The molecule has 0 saturated carbocycles. The van der Waals surface area contributed by atoms with E-state index in [1.54, 1.807) is 0 Å². The molecule has 1 aromatic carbocycles. The third kappa shape index (κ3) is 1.71. The molecule has 0 aromatic heterocycles. The van der Waals surface area contributed by atoms with Crippen LogP contribution in [0.1, 0.15) is 36.0 Å². The monoisotopic (exact) mass is 230 g/mol. The van der Waals surface area contributed by atoms with Crippen LogP contribution in [0.25, 0.3) is 0 Å². The van der Waals surface area contributed by atoms with Gasteiger partial charge in [0.05, 0.1) is 6.42 Å². The number of rotatable bonds is 3. The van der Waals surface area contributed by atoms with Crippen molar-refractivity contribution in [2.75, 3.05) is 0 Å². The fraction of sp³-hybridized carbons (Fsp3) is 0.357. The second-order valence-electron chi connectivity index (χ2n) is 4.69. The molecule has 3 nitrogen and oxygen atoms in total. The van der Waals surface area contributed by atoms with Crippen molar-refractivity contribution in [3.63, 3.8) is 0 Å². The van der Waals surface area contributed by atoms with Crippen molar-refractivity contribution < 1.29 is 14.6 Å². The van der Waals surface area contributed by atoms with Gasteiger partial charge in [-0.25, -0.2) is 0 Å². The van der Waals surface area contributed by atoms with E-state index in [0.717, 1.165) is 12.8 Å². The highest BCUT2D eigenvalue weighted by atomic mass is 16.6.